The molecule has 0 unspecified atom stereocenters. The van der Waals surface area contributed by atoms with Crippen LogP contribution in [0, 0.1) is 13.8 Å². The third-order valence-electron chi connectivity index (χ3n) is 6.72. The average molecular weight is 360 g/mol. The average Bonchev–Trinajstić information content (AvgIpc) is 2.67. The van der Waals surface area contributed by atoms with Gasteiger partial charge in [-0.25, -0.2) is 0 Å². The molecular formula is C25H29NO. The summed E-state index contributed by atoms with van der Waals surface area (Å²) in [4.78, 5) is 0. The Labute approximate surface area is 161 Å². The topological polar surface area (TPSA) is 21.3 Å². The SMILES string of the molecule is CCNc1c(C)cc2c(c1C)Oc1c3c4c(cc1=C2C)CCCC=4CCC3. The maximum Gasteiger partial charge on any atom is 0.139 e. The molecule has 2 aromatic rings. The van der Waals surface area contributed by atoms with Gasteiger partial charge in [0, 0.05) is 34.1 Å². The minimum absolute atomic E-state index is 0.927. The van der Waals surface area contributed by atoms with Gasteiger partial charge in [-0.3, -0.25) is 0 Å². The number of fused-ring (bicyclic) bond motifs is 3. The van der Waals surface area contributed by atoms with E-state index in [2.05, 4.69) is 45.1 Å². The second-order valence-electron chi connectivity index (χ2n) is 8.40. The lowest BCUT2D eigenvalue weighted by Crippen LogP contribution is -2.32. The van der Waals surface area contributed by atoms with Gasteiger partial charge in [-0.2, -0.15) is 0 Å². The van der Waals surface area contributed by atoms with Crippen LogP contribution in [0.2, 0.25) is 0 Å². The first kappa shape index (κ1) is 16.9. The molecular weight excluding hydrogens is 330 g/mol. The van der Waals surface area contributed by atoms with Crippen LogP contribution >= 0.6 is 0 Å². The Bertz CT molecular complexity index is 1090. The van der Waals surface area contributed by atoms with Crippen molar-refractivity contribution in [3.63, 3.8) is 0 Å². The number of aryl methyl sites for hydroxylation is 2. The molecule has 0 spiro atoms. The summed E-state index contributed by atoms with van der Waals surface area (Å²) < 4.78 is 6.72. The highest BCUT2D eigenvalue weighted by atomic mass is 16.5. The Balaban J connectivity index is 1.84. The quantitative estimate of drug-likeness (QED) is 0.825. The molecule has 1 N–H and O–H groups in total. The van der Waals surface area contributed by atoms with Crippen molar-refractivity contribution in [2.75, 3.05) is 11.9 Å². The second-order valence-corrected chi connectivity index (χ2v) is 8.40. The van der Waals surface area contributed by atoms with Gasteiger partial charge in [0.2, 0.25) is 0 Å². The predicted octanol–water partition coefficient (Wildman–Crippen LogP) is 4.88. The van der Waals surface area contributed by atoms with Crippen LogP contribution in [0.25, 0.3) is 11.1 Å². The molecule has 0 amide bonds. The number of hydrogen-bond donors (Lipinski definition) is 1. The number of hydrogen-bond acceptors (Lipinski definition) is 2. The second kappa shape index (κ2) is 6.15. The molecule has 2 aliphatic carbocycles. The molecule has 2 nitrogen and oxygen atoms in total. The highest BCUT2D eigenvalue weighted by Crippen LogP contribution is 2.42. The minimum atomic E-state index is 0.927. The van der Waals surface area contributed by atoms with E-state index in [0.29, 0.717) is 0 Å². The molecule has 1 aliphatic heterocycles. The molecule has 0 atom stereocenters. The van der Waals surface area contributed by atoms with E-state index in [1.807, 2.05) is 0 Å². The first-order valence-electron chi connectivity index (χ1n) is 10.5. The molecule has 2 aromatic carbocycles. The van der Waals surface area contributed by atoms with Crippen molar-refractivity contribution in [2.24, 2.45) is 0 Å². The standard InChI is InChI=1S/C25H29NO/c1-5-26-23-14(2)12-20-15(3)21-13-18-10-6-8-17-9-7-11-19(22(17)18)25(21)27-24(20)16(23)4/h12-13,26H,5-11H2,1-4H3. The van der Waals surface area contributed by atoms with Gasteiger partial charge in [0.1, 0.15) is 11.5 Å². The van der Waals surface area contributed by atoms with Gasteiger partial charge in [-0.1, -0.05) is 5.57 Å². The van der Waals surface area contributed by atoms with Gasteiger partial charge >= 0.3 is 0 Å². The van der Waals surface area contributed by atoms with Gasteiger partial charge in [-0.05, 0) is 100 Å². The van der Waals surface area contributed by atoms with Gasteiger partial charge in [0.15, 0.2) is 0 Å². The molecule has 1 heterocycles. The summed E-state index contributed by atoms with van der Waals surface area (Å²) in [6.07, 6.45) is 7.51. The number of anilines is 1. The lowest BCUT2D eigenvalue weighted by molar-refractivity contribution is 0.458. The summed E-state index contributed by atoms with van der Waals surface area (Å²) in [5, 5.41) is 6.43. The molecule has 2 heteroatoms. The zero-order valence-electron chi connectivity index (χ0n) is 17.0. The molecule has 140 valence electrons. The van der Waals surface area contributed by atoms with Gasteiger partial charge in [-0.15, -0.1) is 0 Å². The Morgan fingerprint density at radius 2 is 1.74 bits per heavy atom. The number of benzene rings is 2. The lowest BCUT2D eigenvalue weighted by Gasteiger charge is -2.29. The molecule has 0 radical (unpaired) electrons. The fourth-order valence-corrected chi connectivity index (χ4v) is 5.47. The summed E-state index contributed by atoms with van der Waals surface area (Å²) in [6.45, 7) is 9.76. The zero-order valence-corrected chi connectivity index (χ0v) is 17.0. The predicted molar refractivity (Wildman–Crippen MR) is 113 cm³/mol. The summed E-state index contributed by atoms with van der Waals surface area (Å²) in [5.74, 6) is 2.20. The van der Waals surface area contributed by atoms with Crippen LogP contribution < -0.4 is 20.5 Å². The van der Waals surface area contributed by atoms with Crippen LogP contribution in [0.1, 0.15) is 67.3 Å². The van der Waals surface area contributed by atoms with E-state index in [4.69, 9.17) is 4.74 Å². The molecule has 0 bridgehead atoms. The Morgan fingerprint density at radius 1 is 0.963 bits per heavy atom. The molecule has 5 rings (SSSR count). The molecule has 27 heavy (non-hydrogen) atoms. The van der Waals surface area contributed by atoms with E-state index in [9.17, 15) is 0 Å². The number of ether oxygens (including phenoxy) is 1. The summed E-state index contributed by atoms with van der Waals surface area (Å²) in [5.41, 5.74) is 11.1. The molecule has 0 saturated heterocycles. The van der Waals surface area contributed by atoms with Gasteiger partial charge in [0.05, 0.1) is 0 Å². The van der Waals surface area contributed by atoms with Crippen LogP contribution in [0.3, 0.4) is 0 Å². The first-order chi connectivity index (χ1) is 13.1. The van der Waals surface area contributed by atoms with E-state index >= 15 is 0 Å². The van der Waals surface area contributed by atoms with Crippen molar-refractivity contribution < 1.29 is 4.74 Å². The van der Waals surface area contributed by atoms with Gasteiger partial charge < -0.3 is 10.1 Å². The summed E-state index contributed by atoms with van der Waals surface area (Å²) in [6, 6.07) is 4.75. The number of nitrogens with one attached hydrogen (secondary N) is 1. The van der Waals surface area contributed by atoms with E-state index in [0.717, 1.165) is 24.5 Å². The molecule has 0 saturated carbocycles. The summed E-state index contributed by atoms with van der Waals surface area (Å²) in [7, 11) is 0. The van der Waals surface area contributed by atoms with Crippen LogP contribution in [-0.2, 0) is 12.8 Å². The van der Waals surface area contributed by atoms with Crippen molar-refractivity contribution in [3.8, 4) is 11.5 Å². The third-order valence-corrected chi connectivity index (χ3v) is 6.72. The van der Waals surface area contributed by atoms with Crippen molar-refractivity contribution in [2.45, 2.75) is 66.2 Å². The molecule has 0 aromatic heterocycles. The fourth-order valence-electron chi connectivity index (χ4n) is 5.47. The zero-order chi connectivity index (χ0) is 18.7. The molecule has 3 aliphatic rings. The molecule has 0 fully saturated rings. The highest BCUT2D eigenvalue weighted by Gasteiger charge is 2.27. The van der Waals surface area contributed by atoms with Crippen LogP contribution in [0.5, 0.6) is 11.5 Å². The maximum atomic E-state index is 6.72. The summed E-state index contributed by atoms with van der Waals surface area (Å²) >= 11 is 0. The van der Waals surface area contributed by atoms with Crippen LogP contribution in [0.15, 0.2) is 12.1 Å². The third kappa shape index (κ3) is 2.38. The van der Waals surface area contributed by atoms with Crippen molar-refractivity contribution >= 4 is 16.8 Å². The lowest BCUT2D eigenvalue weighted by atomic mass is 9.81. The van der Waals surface area contributed by atoms with Crippen molar-refractivity contribution in [3.05, 3.63) is 50.4 Å². The van der Waals surface area contributed by atoms with Crippen molar-refractivity contribution in [1.82, 2.24) is 0 Å². The van der Waals surface area contributed by atoms with Crippen LogP contribution in [0.4, 0.5) is 5.69 Å². The Hall–Kier alpha value is -2.22. The maximum absolute atomic E-state index is 6.72. The van der Waals surface area contributed by atoms with E-state index < -0.39 is 0 Å². The minimum Gasteiger partial charge on any atom is -0.455 e. The number of rotatable bonds is 2. The largest absolute Gasteiger partial charge is 0.455 e. The van der Waals surface area contributed by atoms with E-state index in [1.165, 1.54) is 70.8 Å². The Morgan fingerprint density at radius 3 is 2.52 bits per heavy atom. The first-order valence-corrected chi connectivity index (χ1v) is 10.5. The van der Waals surface area contributed by atoms with E-state index in [1.54, 1.807) is 16.4 Å². The smallest absolute Gasteiger partial charge is 0.139 e. The fraction of sp³-hybridized carbons (Fsp3) is 0.440. The normalized spacial score (nSPS) is 17.0. The highest BCUT2D eigenvalue weighted by molar-refractivity contribution is 5.80. The van der Waals surface area contributed by atoms with Crippen LogP contribution in [-0.4, -0.2) is 6.54 Å². The van der Waals surface area contributed by atoms with Crippen molar-refractivity contribution in [1.29, 1.82) is 0 Å². The Kier molecular flexibility index (Phi) is 3.86. The van der Waals surface area contributed by atoms with Gasteiger partial charge in [0.25, 0.3) is 0 Å². The van der Waals surface area contributed by atoms with E-state index in [-0.39, 0.29) is 0 Å². The monoisotopic (exact) mass is 359 g/mol.